The van der Waals surface area contributed by atoms with E-state index in [0.717, 1.165) is 0 Å². The zero-order valence-electron chi connectivity index (χ0n) is 5.46. The summed E-state index contributed by atoms with van der Waals surface area (Å²) in [5, 5.41) is 0. The summed E-state index contributed by atoms with van der Waals surface area (Å²) in [5.74, 6) is -0.422. The highest BCUT2D eigenvalue weighted by Crippen LogP contribution is 2.04. The molecule has 0 fully saturated rings. The monoisotopic (exact) mass is 149 g/mol. The van der Waals surface area contributed by atoms with E-state index in [4.69, 9.17) is 5.73 Å². The van der Waals surface area contributed by atoms with E-state index in [-0.39, 0.29) is 11.8 Å². The van der Waals surface area contributed by atoms with Crippen molar-refractivity contribution >= 4 is 14.4 Å². The van der Waals surface area contributed by atoms with E-state index in [2.05, 4.69) is 0 Å². The van der Waals surface area contributed by atoms with E-state index >= 15 is 0 Å². The summed E-state index contributed by atoms with van der Waals surface area (Å²) in [6.07, 6.45) is 1.29. The van der Waals surface area contributed by atoms with Gasteiger partial charge in [-0.15, -0.1) is 0 Å². The van der Waals surface area contributed by atoms with Crippen LogP contribution in [-0.2, 0) is 9.36 Å². The molecule has 1 amide bonds. The molecule has 0 aliphatic rings. The minimum absolute atomic E-state index is 0.119. The molecule has 0 aromatic rings. The molecule has 2 atom stereocenters. The Morgan fingerprint density at radius 1 is 1.78 bits per heavy atom. The minimum atomic E-state index is -0.717. The molecule has 4 heteroatoms. The van der Waals surface area contributed by atoms with Crippen LogP contribution in [0.25, 0.3) is 0 Å². The molecule has 9 heavy (non-hydrogen) atoms. The predicted octanol–water partition coefficient (Wildman–Crippen LogP) is 0.254. The first kappa shape index (κ1) is 8.70. The molecule has 0 aromatic heterocycles. The van der Waals surface area contributed by atoms with Gasteiger partial charge in [-0.3, -0.25) is 4.79 Å². The Morgan fingerprint density at radius 2 is 2.33 bits per heavy atom. The Labute approximate surface area is 55.8 Å². The molecule has 0 aliphatic heterocycles. The second-order valence-corrected chi connectivity index (χ2v) is 2.96. The van der Waals surface area contributed by atoms with Crippen molar-refractivity contribution in [3.8, 4) is 0 Å². The number of rotatable bonds is 4. The Bertz CT molecular complexity index is 116. The lowest BCUT2D eigenvalue weighted by atomic mass is 10.1. The number of hydrogen-bond acceptors (Lipinski definition) is 2. The van der Waals surface area contributed by atoms with Gasteiger partial charge in [-0.1, -0.05) is 6.92 Å². The molecule has 0 aliphatic carbocycles. The zero-order valence-corrected chi connectivity index (χ0v) is 6.62. The summed E-state index contributed by atoms with van der Waals surface area (Å²) in [4.78, 5) is 10.3. The molecule has 2 unspecified atom stereocenters. The predicted molar refractivity (Wildman–Crippen MR) is 38.2 cm³/mol. The van der Waals surface area contributed by atoms with E-state index in [1.54, 1.807) is 6.92 Å². The zero-order chi connectivity index (χ0) is 7.28. The normalized spacial score (nSPS) is 14.3. The quantitative estimate of drug-likeness (QED) is 0.582. The topological polar surface area (TPSA) is 60.2 Å². The van der Waals surface area contributed by atoms with Crippen molar-refractivity contribution in [1.82, 2.24) is 0 Å². The summed E-state index contributed by atoms with van der Waals surface area (Å²) in [6.45, 7) is 1.75. The number of nitrogens with two attached hydrogens (primary N) is 1. The van der Waals surface area contributed by atoms with Crippen LogP contribution in [0.5, 0.6) is 0 Å². The lowest BCUT2D eigenvalue weighted by molar-refractivity contribution is -0.121. The van der Waals surface area contributed by atoms with E-state index in [9.17, 15) is 9.36 Å². The summed E-state index contributed by atoms with van der Waals surface area (Å²) in [5.41, 5.74) is 4.95. The Hall–Kier alpha value is -0.300. The molecule has 2 N–H and O–H groups in total. The summed E-state index contributed by atoms with van der Waals surface area (Å²) in [7, 11) is -0.717. The molecule has 0 aromatic carbocycles. The number of carbonyl (C=O) groups excluding carboxylic acids is 1. The van der Waals surface area contributed by atoms with Gasteiger partial charge in [-0.2, -0.15) is 0 Å². The van der Waals surface area contributed by atoms with Crippen molar-refractivity contribution in [2.24, 2.45) is 11.7 Å². The van der Waals surface area contributed by atoms with Gasteiger partial charge < -0.3 is 10.3 Å². The van der Waals surface area contributed by atoms with Gasteiger partial charge in [0.2, 0.25) is 5.91 Å². The van der Waals surface area contributed by atoms with Gasteiger partial charge in [0.25, 0.3) is 0 Å². The highest BCUT2D eigenvalue weighted by molar-refractivity contribution is 7.23. The fourth-order valence-corrected chi connectivity index (χ4v) is 1.10. The van der Waals surface area contributed by atoms with Crippen molar-refractivity contribution in [2.45, 2.75) is 13.3 Å². The van der Waals surface area contributed by atoms with Crippen LogP contribution in [0.3, 0.4) is 0 Å². The Kier molecular flexibility index (Phi) is 4.41. The highest BCUT2D eigenvalue weighted by Gasteiger charge is 2.05. The first-order chi connectivity index (χ1) is 4.18. The van der Waals surface area contributed by atoms with E-state index in [1.807, 2.05) is 0 Å². The molecule has 3 nitrogen and oxygen atoms in total. The van der Waals surface area contributed by atoms with Gasteiger partial charge in [0.15, 0.2) is 0 Å². The van der Waals surface area contributed by atoms with Crippen molar-refractivity contribution in [3.63, 3.8) is 0 Å². The number of primary amides is 1. The fraction of sp³-hybridized carbons (Fsp3) is 0.800. The van der Waals surface area contributed by atoms with Crippen LogP contribution in [0.15, 0.2) is 0 Å². The van der Waals surface area contributed by atoms with E-state index in [1.165, 1.54) is 0 Å². The van der Waals surface area contributed by atoms with Gasteiger partial charge in [0.05, 0.1) is 8.46 Å². The maximum absolute atomic E-state index is 10.3. The molecule has 54 valence electrons. The first-order valence-electron chi connectivity index (χ1n) is 2.91. The van der Waals surface area contributed by atoms with Gasteiger partial charge in [-0.05, 0) is 12.6 Å². The molecule has 0 heterocycles. The van der Waals surface area contributed by atoms with Crippen LogP contribution in [0.1, 0.15) is 13.3 Å². The third kappa shape index (κ3) is 4.22. The molecule has 0 saturated carbocycles. The van der Waals surface area contributed by atoms with Gasteiger partial charge in [-0.25, -0.2) is 0 Å². The van der Waals surface area contributed by atoms with Crippen LogP contribution >= 0.6 is 8.46 Å². The maximum Gasteiger partial charge on any atom is 0.220 e. The molecule has 0 radical (unpaired) electrons. The molecule has 0 bridgehead atoms. The lowest BCUT2D eigenvalue weighted by Crippen LogP contribution is -2.20. The van der Waals surface area contributed by atoms with Crippen LogP contribution < -0.4 is 5.73 Å². The SMILES string of the molecule is CC(CC[PH2]=O)C(N)=O. The van der Waals surface area contributed by atoms with Gasteiger partial charge in [0, 0.05) is 5.92 Å². The summed E-state index contributed by atoms with van der Waals surface area (Å²) >= 11 is 0. The third-order valence-corrected chi connectivity index (χ3v) is 1.77. The third-order valence-electron chi connectivity index (χ3n) is 1.20. The smallest absolute Gasteiger partial charge is 0.220 e. The molecular formula is C5H12NO2P. The average molecular weight is 149 g/mol. The number of hydrogen-bond donors (Lipinski definition) is 1. The number of carbonyl (C=O) groups is 1. The van der Waals surface area contributed by atoms with Crippen molar-refractivity contribution in [2.75, 3.05) is 6.16 Å². The van der Waals surface area contributed by atoms with Crippen LogP contribution in [0, 0.1) is 5.92 Å². The summed E-state index contributed by atoms with van der Waals surface area (Å²) < 4.78 is 9.99. The number of amides is 1. The van der Waals surface area contributed by atoms with Crippen LogP contribution in [0.4, 0.5) is 0 Å². The fourth-order valence-electron chi connectivity index (χ4n) is 0.460. The molecule has 0 saturated heterocycles. The van der Waals surface area contributed by atoms with Crippen molar-refractivity contribution in [1.29, 1.82) is 0 Å². The minimum Gasteiger partial charge on any atom is -0.369 e. The maximum atomic E-state index is 10.3. The van der Waals surface area contributed by atoms with Gasteiger partial charge in [0.1, 0.15) is 0 Å². The Balaban J connectivity index is 3.37. The van der Waals surface area contributed by atoms with Crippen molar-refractivity contribution < 1.29 is 9.36 Å². The first-order valence-corrected chi connectivity index (χ1v) is 4.20. The Morgan fingerprint density at radius 3 is 2.67 bits per heavy atom. The second kappa shape index (κ2) is 4.57. The van der Waals surface area contributed by atoms with Crippen molar-refractivity contribution in [3.05, 3.63) is 0 Å². The highest BCUT2D eigenvalue weighted by atomic mass is 31.1. The van der Waals surface area contributed by atoms with E-state index in [0.29, 0.717) is 12.6 Å². The largest absolute Gasteiger partial charge is 0.369 e. The standard InChI is InChI=1S/C5H12NO2P/c1-4(5(6)7)2-3-9-8/h4H,2-3,9H2,1H3,(H2,6,7). The molecular weight excluding hydrogens is 137 g/mol. The molecule has 0 spiro atoms. The summed E-state index contributed by atoms with van der Waals surface area (Å²) in [6, 6.07) is 0. The molecule has 0 rings (SSSR count). The van der Waals surface area contributed by atoms with E-state index < -0.39 is 8.46 Å². The average Bonchev–Trinajstić information content (AvgIpc) is 1.82. The lowest BCUT2D eigenvalue weighted by Gasteiger charge is -2.01. The van der Waals surface area contributed by atoms with Crippen LogP contribution in [0.2, 0.25) is 0 Å². The van der Waals surface area contributed by atoms with Crippen LogP contribution in [-0.4, -0.2) is 12.1 Å². The second-order valence-electron chi connectivity index (χ2n) is 2.05. The van der Waals surface area contributed by atoms with Gasteiger partial charge >= 0.3 is 0 Å².